The highest BCUT2D eigenvalue weighted by atomic mass is 16.5. The highest BCUT2D eigenvalue weighted by Crippen LogP contribution is 2.20. The minimum atomic E-state index is -0.0650. The Kier molecular flexibility index (Phi) is 5.99. The lowest BCUT2D eigenvalue weighted by molar-refractivity contribution is -0.120. The molecule has 0 bridgehead atoms. The van der Waals surface area contributed by atoms with E-state index in [-0.39, 0.29) is 5.91 Å². The van der Waals surface area contributed by atoms with Gasteiger partial charge in [0.05, 0.1) is 38.6 Å². The number of ether oxygens (including phenoxy) is 2. The van der Waals surface area contributed by atoms with Crippen LogP contribution in [-0.4, -0.2) is 30.1 Å². The van der Waals surface area contributed by atoms with Gasteiger partial charge in [0.1, 0.15) is 17.8 Å². The SMILES string of the molecule is COc1ccc(CC(=O)NCc2cc(-c3ccc(OC)cc3)ncn2)cc1. The van der Waals surface area contributed by atoms with Gasteiger partial charge in [-0.1, -0.05) is 12.1 Å². The van der Waals surface area contributed by atoms with Gasteiger partial charge in [-0.15, -0.1) is 0 Å². The van der Waals surface area contributed by atoms with Crippen molar-refractivity contribution in [3.05, 3.63) is 72.2 Å². The molecule has 3 aromatic rings. The molecule has 0 saturated heterocycles. The second-order valence-corrected chi connectivity index (χ2v) is 5.92. The number of methoxy groups -OCH3 is 2. The first-order chi connectivity index (χ1) is 13.2. The van der Waals surface area contributed by atoms with Crippen LogP contribution >= 0.6 is 0 Å². The molecule has 0 unspecified atom stereocenters. The molecule has 2 aromatic carbocycles. The summed E-state index contributed by atoms with van der Waals surface area (Å²) in [5.74, 6) is 1.50. The van der Waals surface area contributed by atoms with Crippen molar-refractivity contribution in [2.75, 3.05) is 14.2 Å². The molecular weight excluding hydrogens is 342 g/mol. The standard InChI is InChI=1S/C21H21N3O3/c1-26-18-7-3-15(4-8-18)11-21(25)22-13-17-12-20(24-14-23-17)16-5-9-19(27-2)10-6-16/h3-10,12,14H,11,13H2,1-2H3,(H,22,25). The molecule has 6 heteroatoms. The molecule has 3 rings (SSSR count). The van der Waals surface area contributed by atoms with E-state index in [2.05, 4.69) is 15.3 Å². The quantitative estimate of drug-likeness (QED) is 0.698. The molecule has 138 valence electrons. The fraction of sp³-hybridized carbons (Fsp3) is 0.190. The average Bonchev–Trinajstić information content (AvgIpc) is 2.73. The molecule has 0 saturated carbocycles. The summed E-state index contributed by atoms with van der Waals surface area (Å²) < 4.78 is 10.3. The van der Waals surface area contributed by atoms with E-state index >= 15 is 0 Å². The summed E-state index contributed by atoms with van der Waals surface area (Å²) in [6.45, 7) is 0.348. The maximum Gasteiger partial charge on any atom is 0.224 e. The molecule has 0 fully saturated rings. The minimum absolute atomic E-state index is 0.0650. The summed E-state index contributed by atoms with van der Waals surface area (Å²) in [5, 5.41) is 2.89. The number of rotatable bonds is 7. The van der Waals surface area contributed by atoms with Crippen molar-refractivity contribution in [1.29, 1.82) is 0 Å². The molecular formula is C21H21N3O3. The molecule has 0 spiro atoms. The maximum atomic E-state index is 12.2. The first-order valence-corrected chi connectivity index (χ1v) is 8.53. The largest absolute Gasteiger partial charge is 0.497 e. The monoisotopic (exact) mass is 363 g/mol. The van der Waals surface area contributed by atoms with E-state index in [0.29, 0.717) is 13.0 Å². The van der Waals surface area contributed by atoms with Gasteiger partial charge < -0.3 is 14.8 Å². The minimum Gasteiger partial charge on any atom is -0.497 e. The first-order valence-electron chi connectivity index (χ1n) is 8.53. The van der Waals surface area contributed by atoms with Crippen LogP contribution in [0.4, 0.5) is 0 Å². The molecule has 1 N–H and O–H groups in total. The van der Waals surface area contributed by atoms with Gasteiger partial charge in [0.2, 0.25) is 5.91 Å². The number of carbonyl (C=O) groups excluding carboxylic acids is 1. The van der Waals surface area contributed by atoms with Crippen LogP contribution < -0.4 is 14.8 Å². The number of nitrogens with zero attached hydrogens (tertiary/aromatic N) is 2. The lowest BCUT2D eigenvalue weighted by Gasteiger charge is -2.07. The number of benzene rings is 2. The van der Waals surface area contributed by atoms with Crippen molar-refractivity contribution in [3.8, 4) is 22.8 Å². The number of aromatic nitrogens is 2. The van der Waals surface area contributed by atoms with E-state index in [4.69, 9.17) is 9.47 Å². The molecule has 0 radical (unpaired) electrons. The van der Waals surface area contributed by atoms with Crippen molar-refractivity contribution in [1.82, 2.24) is 15.3 Å². The van der Waals surface area contributed by atoms with Crippen molar-refractivity contribution in [2.45, 2.75) is 13.0 Å². The number of carbonyl (C=O) groups is 1. The van der Waals surface area contributed by atoms with Crippen LogP contribution in [0.25, 0.3) is 11.3 Å². The summed E-state index contributed by atoms with van der Waals surface area (Å²) in [4.78, 5) is 20.7. The molecule has 1 heterocycles. The molecule has 1 amide bonds. The lowest BCUT2D eigenvalue weighted by atomic mass is 10.1. The fourth-order valence-electron chi connectivity index (χ4n) is 2.59. The zero-order valence-electron chi connectivity index (χ0n) is 15.3. The topological polar surface area (TPSA) is 73.3 Å². The van der Waals surface area contributed by atoms with Crippen LogP contribution in [0, 0.1) is 0 Å². The second-order valence-electron chi connectivity index (χ2n) is 5.92. The Bertz CT molecular complexity index is 893. The van der Waals surface area contributed by atoms with E-state index in [1.807, 2.05) is 54.6 Å². The lowest BCUT2D eigenvalue weighted by Crippen LogP contribution is -2.25. The highest BCUT2D eigenvalue weighted by Gasteiger charge is 2.06. The van der Waals surface area contributed by atoms with Crippen LogP contribution in [0.1, 0.15) is 11.3 Å². The van der Waals surface area contributed by atoms with Gasteiger partial charge in [0.15, 0.2) is 0 Å². The molecule has 0 aliphatic heterocycles. The van der Waals surface area contributed by atoms with E-state index < -0.39 is 0 Å². The van der Waals surface area contributed by atoms with Crippen LogP contribution in [0.2, 0.25) is 0 Å². The smallest absolute Gasteiger partial charge is 0.224 e. The molecule has 0 aliphatic carbocycles. The number of amides is 1. The first kappa shape index (κ1) is 18.4. The van der Waals surface area contributed by atoms with Gasteiger partial charge in [-0.25, -0.2) is 9.97 Å². The van der Waals surface area contributed by atoms with Crippen molar-refractivity contribution in [2.24, 2.45) is 0 Å². The van der Waals surface area contributed by atoms with Crippen molar-refractivity contribution < 1.29 is 14.3 Å². The normalized spacial score (nSPS) is 10.3. The molecule has 1 aromatic heterocycles. The predicted molar refractivity (Wildman–Crippen MR) is 103 cm³/mol. The van der Waals surface area contributed by atoms with E-state index in [0.717, 1.165) is 34.0 Å². The van der Waals surface area contributed by atoms with Crippen LogP contribution in [0.15, 0.2) is 60.9 Å². The third kappa shape index (κ3) is 5.04. The van der Waals surface area contributed by atoms with Gasteiger partial charge in [0.25, 0.3) is 0 Å². The zero-order chi connectivity index (χ0) is 19.1. The zero-order valence-corrected chi connectivity index (χ0v) is 15.3. The van der Waals surface area contributed by atoms with Crippen LogP contribution in [0.3, 0.4) is 0 Å². The summed E-state index contributed by atoms with van der Waals surface area (Å²) in [7, 11) is 3.25. The summed E-state index contributed by atoms with van der Waals surface area (Å²) in [6, 6.07) is 17.0. The van der Waals surface area contributed by atoms with Crippen LogP contribution in [-0.2, 0) is 17.8 Å². The number of hydrogen-bond donors (Lipinski definition) is 1. The Hall–Kier alpha value is -3.41. The fourth-order valence-corrected chi connectivity index (χ4v) is 2.59. The van der Waals surface area contributed by atoms with Gasteiger partial charge in [-0.3, -0.25) is 4.79 Å². The predicted octanol–water partition coefficient (Wildman–Crippen LogP) is 3.02. The van der Waals surface area contributed by atoms with E-state index in [1.165, 1.54) is 6.33 Å². The number of nitrogens with one attached hydrogen (secondary N) is 1. The highest BCUT2D eigenvalue weighted by molar-refractivity contribution is 5.78. The molecule has 27 heavy (non-hydrogen) atoms. The summed E-state index contributed by atoms with van der Waals surface area (Å²) >= 11 is 0. The molecule has 6 nitrogen and oxygen atoms in total. The Morgan fingerprint density at radius 1 is 0.926 bits per heavy atom. The molecule has 0 aliphatic rings. The van der Waals surface area contributed by atoms with Crippen LogP contribution in [0.5, 0.6) is 11.5 Å². The Balaban J connectivity index is 1.59. The van der Waals surface area contributed by atoms with E-state index in [9.17, 15) is 4.79 Å². The summed E-state index contributed by atoms with van der Waals surface area (Å²) in [6.07, 6.45) is 1.81. The van der Waals surface area contributed by atoms with Gasteiger partial charge in [-0.05, 0) is 48.0 Å². The Labute approximate surface area is 158 Å². The molecule has 0 atom stereocenters. The van der Waals surface area contributed by atoms with E-state index in [1.54, 1.807) is 14.2 Å². The van der Waals surface area contributed by atoms with Gasteiger partial charge in [0, 0.05) is 5.56 Å². The average molecular weight is 363 g/mol. The second kappa shape index (κ2) is 8.80. The summed E-state index contributed by atoms with van der Waals surface area (Å²) in [5.41, 5.74) is 3.44. The van der Waals surface area contributed by atoms with Crippen molar-refractivity contribution in [3.63, 3.8) is 0 Å². The third-order valence-electron chi connectivity index (χ3n) is 4.10. The third-order valence-corrected chi connectivity index (χ3v) is 4.10. The van der Waals surface area contributed by atoms with Gasteiger partial charge >= 0.3 is 0 Å². The van der Waals surface area contributed by atoms with Crippen molar-refractivity contribution >= 4 is 5.91 Å². The Morgan fingerprint density at radius 2 is 1.56 bits per heavy atom. The number of hydrogen-bond acceptors (Lipinski definition) is 5. The van der Waals surface area contributed by atoms with Gasteiger partial charge in [-0.2, -0.15) is 0 Å². The Morgan fingerprint density at radius 3 is 2.19 bits per heavy atom. The maximum absolute atomic E-state index is 12.2.